The topological polar surface area (TPSA) is 101 Å². The molecule has 9 nitrogen and oxygen atoms in total. The maximum atomic E-state index is 17.2. The van der Waals surface area contributed by atoms with Crippen LogP contribution in [0.1, 0.15) is 66.7 Å². The molecular weight excluding hydrogens is 745 g/mol. The summed E-state index contributed by atoms with van der Waals surface area (Å²) in [5.41, 5.74) is 4.09. The number of amides is 1. The number of carbonyl (C=O) groups is 1. The molecule has 3 aromatic heterocycles. The van der Waals surface area contributed by atoms with Gasteiger partial charge in [-0.05, 0) is 62.3 Å². The Balaban J connectivity index is 1.19. The number of ether oxygens (including phenoxy) is 1. The van der Waals surface area contributed by atoms with Gasteiger partial charge in [0, 0.05) is 82.9 Å². The zero-order valence-corrected chi connectivity index (χ0v) is 30.6. The third-order valence-electron chi connectivity index (χ3n) is 11.6. The molecule has 2 saturated carbocycles. The third-order valence-corrected chi connectivity index (χ3v) is 12.4. The maximum absolute atomic E-state index is 17.2. The Kier molecular flexibility index (Phi) is 8.69. The Hall–Kier alpha value is -4.22. The van der Waals surface area contributed by atoms with Crippen molar-refractivity contribution in [3.8, 4) is 17.2 Å². The van der Waals surface area contributed by atoms with Crippen LogP contribution in [0, 0.1) is 35.9 Å². The third kappa shape index (κ3) is 5.84. The van der Waals surface area contributed by atoms with Gasteiger partial charge in [0.05, 0.1) is 52.6 Å². The average Bonchev–Trinajstić information content (AvgIpc) is 3.62. The molecule has 0 radical (unpaired) electrons. The van der Waals surface area contributed by atoms with Crippen molar-refractivity contribution in [1.82, 2.24) is 29.5 Å². The van der Waals surface area contributed by atoms with Gasteiger partial charge in [-0.3, -0.25) is 4.79 Å². The first-order valence-corrected chi connectivity index (χ1v) is 18.9. The van der Waals surface area contributed by atoms with E-state index >= 15 is 4.39 Å². The SMILES string of the molecule is Cc1nc2c(F)c(-c3cccc(Cl)c3Cl)c(CCC#N)cc2c2c1cc(C1CC(OCc3cnn(C(F)(F)F)c3)CN1C(=O)C1CC1)n2C1C2CNC1C2. The van der Waals surface area contributed by atoms with Crippen LogP contribution in [0.3, 0.4) is 0 Å². The second-order valence-electron chi connectivity index (χ2n) is 15.0. The number of hydrogen-bond acceptors (Lipinski definition) is 6. The van der Waals surface area contributed by atoms with Gasteiger partial charge < -0.3 is 19.5 Å². The van der Waals surface area contributed by atoms with E-state index in [0.717, 1.165) is 54.8 Å². The number of aryl methyl sites for hydroxylation is 2. The first-order valence-electron chi connectivity index (χ1n) is 18.2. The molecule has 1 amide bonds. The monoisotopic (exact) mass is 779 g/mol. The standard InChI is InChI=1S/C39H35Cl2F4N7O2/c1-19-26-13-31(30-12-24(17-50(30)38(53)21-7-8-21)54-18-20-14-48-51(16-20)39(43,44)45)52(36-23-11-29(36)47-15-23)37(26)27-10-22(4-3-9-46)32(34(42)35(27)49-19)25-5-2-6-28(40)33(25)41/h2,5-6,10,13-14,16,21,23-24,29-30,36,47H,3-4,7-8,11-12,15,17-18H2,1H3. The first kappa shape index (κ1) is 35.5. The number of nitrogens with one attached hydrogen (secondary N) is 1. The number of hydrogen-bond donors (Lipinski definition) is 1. The van der Waals surface area contributed by atoms with Gasteiger partial charge >= 0.3 is 6.30 Å². The van der Waals surface area contributed by atoms with E-state index in [2.05, 4.69) is 27.1 Å². The summed E-state index contributed by atoms with van der Waals surface area (Å²) in [5.74, 6) is -0.262. The van der Waals surface area contributed by atoms with Crippen LogP contribution in [-0.4, -0.2) is 55.4 Å². The lowest BCUT2D eigenvalue weighted by Crippen LogP contribution is -2.41. The lowest BCUT2D eigenvalue weighted by atomic mass is 9.79. The molecule has 10 rings (SSSR count). The van der Waals surface area contributed by atoms with E-state index in [1.807, 2.05) is 17.9 Å². The van der Waals surface area contributed by atoms with Crippen LogP contribution >= 0.6 is 23.2 Å². The second kappa shape index (κ2) is 13.2. The molecule has 1 N–H and O–H groups in total. The summed E-state index contributed by atoms with van der Waals surface area (Å²) >= 11 is 13.1. The molecule has 0 spiro atoms. The molecule has 6 heterocycles. The molecule has 280 valence electrons. The van der Waals surface area contributed by atoms with Gasteiger partial charge in [0.25, 0.3) is 0 Å². The molecule has 3 aliphatic heterocycles. The van der Waals surface area contributed by atoms with E-state index in [-0.39, 0.29) is 74.7 Å². The van der Waals surface area contributed by atoms with E-state index in [0.29, 0.717) is 41.1 Å². The smallest absolute Gasteiger partial charge is 0.371 e. The van der Waals surface area contributed by atoms with Crippen molar-refractivity contribution in [2.24, 2.45) is 11.8 Å². The molecular formula is C39H35Cl2F4N7O2. The molecule has 2 aliphatic carbocycles. The molecule has 5 atom stereocenters. The normalized spacial score (nSPS) is 23.7. The summed E-state index contributed by atoms with van der Waals surface area (Å²) in [6.07, 6.45) is 0.448. The maximum Gasteiger partial charge on any atom is 0.504 e. The largest absolute Gasteiger partial charge is 0.504 e. The summed E-state index contributed by atoms with van der Waals surface area (Å²) in [5, 5.41) is 18.6. The molecule has 5 fully saturated rings. The highest BCUT2D eigenvalue weighted by Crippen LogP contribution is 2.51. The van der Waals surface area contributed by atoms with Crippen molar-refractivity contribution >= 4 is 50.9 Å². The highest BCUT2D eigenvalue weighted by Gasteiger charge is 2.51. The van der Waals surface area contributed by atoms with Gasteiger partial charge in [0.2, 0.25) is 5.91 Å². The number of carbonyl (C=O) groups excluding carboxylic acids is 1. The molecule has 2 aromatic carbocycles. The Labute approximate surface area is 317 Å². The minimum absolute atomic E-state index is 0.0371. The molecule has 5 aromatic rings. The lowest BCUT2D eigenvalue weighted by Gasteiger charge is -2.39. The Bertz CT molecular complexity index is 2370. The van der Waals surface area contributed by atoms with Crippen LogP contribution < -0.4 is 5.32 Å². The van der Waals surface area contributed by atoms with Crippen molar-refractivity contribution in [2.45, 2.75) is 82.6 Å². The Morgan fingerprint density at radius 1 is 1.17 bits per heavy atom. The fourth-order valence-corrected chi connectivity index (χ4v) is 9.29. The van der Waals surface area contributed by atoms with Crippen LogP contribution in [0.15, 0.2) is 42.7 Å². The fourth-order valence-electron chi connectivity index (χ4n) is 8.89. The van der Waals surface area contributed by atoms with E-state index in [1.165, 1.54) is 0 Å². The zero-order chi connectivity index (χ0) is 37.6. The van der Waals surface area contributed by atoms with Gasteiger partial charge in [0.1, 0.15) is 5.52 Å². The lowest BCUT2D eigenvalue weighted by molar-refractivity contribution is -0.212. The van der Waals surface area contributed by atoms with Crippen LogP contribution in [0.5, 0.6) is 0 Å². The summed E-state index contributed by atoms with van der Waals surface area (Å²) in [6.45, 7) is 2.89. The van der Waals surface area contributed by atoms with E-state index < -0.39 is 24.3 Å². The predicted octanol–water partition coefficient (Wildman–Crippen LogP) is 8.54. The second-order valence-corrected chi connectivity index (χ2v) is 15.8. The number of halogens is 6. The van der Waals surface area contributed by atoms with Gasteiger partial charge in [-0.25, -0.2) is 9.37 Å². The van der Waals surface area contributed by atoms with Gasteiger partial charge in [-0.15, -0.1) is 13.2 Å². The number of alkyl halides is 3. The molecule has 54 heavy (non-hydrogen) atoms. The Morgan fingerprint density at radius 3 is 2.67 bits per heavy atom. The summed E-state index contributed by atoms with van der Waals surface area (Å²) < 4.78 is 65.2. The van der Waals surface area contributed by atoms with Crippen LogP contribution in [0.4, 0.5) is 17.6 Å². The van der Waals surface area contributed by atoms with Crippen LogP contribution in [-0.2, 0) is 28.9 Å². The predicted molar refractivity (Wildman–Crippen MR) is 194 cm³/mol. The zero-order valence-electron chi connectivity index (χ0n) is 29.1. The number of nitriles is 1. The number of fused-ring (bicyclic) bond motifs is 4. The highest BCUT2D eigenvalue weighted by atomic mass is 35.5. The number of likely N-dealkylation sites (tertiary alicyclic amines) is 1. The number of aromatic nitrogens is 4. The summed E-state index contributed by atoms with van der Waals surface area (Å²) in [4.78, 5) is 20.7. The van der Waals surface area contributed by atoms with Crippen LogP contribution in [0.25, 0.3) is 32.9 Å². The summed E-state index contributed by atoms with van der Waals surface area (Å²) in [7, 11) is 0. The van der Waals surface area contributed by atoms with Crippen molar-refractivity contribution in [3.63, 3.8) is 0 Å². The van der Waals surface area contributed by atoms with Crippen molar-refractivity contribution in [1.29, 1.82) is 5.26 Å². The highest BCUT2D eigenvalue weighted by molar-refractivity contribution is 6.43. The fraction of sp³-hybridized carbons (Fsp3) is 0.436. The number of nitrogens with zero attached hydrogens (tertiary/aromatic N) is 6. The van der Waals surface area contributed by atoms with Gasteiger partial charge in [-0.1, -0.05) is 35.3 Å². The van der Waals surface area contributed by atoms with E-state index in [4.69, 9.17) is 32.9 Å². The number of pyridine rings is 1. The average molecular weight is 781 g/mol. The molecule has 5 aliphatic rings. The number of benzene rings is 2. The van der Waals surface area contributed by atoms with E-state index in [9.17, 15) is 23.2 Å². The molecule has 5 unspecified atom stereocenters. The van der Waals surface area contributed by atoms with Gasteiger partial charge in [-0.2, -0.15) is 15.0 Å². The minimum atomic E-state index is -4.63. The van der Waals surface area contributed by atoms with E-state index in [1.54, 1.807) is 18.2 Å². The molecule has 15 heteroatoms. The number of rotatable bonds is 9. The van der Waals surface area contributed by atoms with Crippen molar-refractivity contribution in [2.75, 3.05) is 13.1 Å². The first-order chi connectivity index (χ1) is 25.9. The van der Waals surface area contributed by atoms with Crippen molar-refractivity contribution < 1.29 is 27.1 Å². The molecule has 3 saturated heterocycles. The summed E-state index contributed by atoms with van der Waals surface area (Å²) in [6, 6.07) is 11.1. The van der Waals surface area contributed by atoms with Crippen LogP contribution in [0.2, 0.25) is 10.0 Å². The van der Waals surface area contributed by atoms with Gasteiger partial charge in [0.15, 0.2) is 5.82 Å². The Morgan fingerprint density at radius 2 is 1.98 bits per heavy atom. The van der Waals surface area contributed by atoms with Crippen molar-refractivity contribution in [3.05, 3.63) is 81.1 Å². The molecule has 2 bridgehead atoms. The quantitative estimate of drug-likeness (QED) is 0.151. The minimum Gasteiger partial charge on any atom is -0.371 e.